The lowest BCUT2D eigenvalue weighted by atomic mass is 9.89. The Kier molecular flexibility index (Phi) is 6.70. The molecule has 2 heterocycles. The maximum Gasteiger partial charge on any atom is 0.317 e. The normalized spacial score (nSPS) is 26.4. The minimum Gasteiger partial charge on any atom is -0.376 e. The Labute approximate surface area is 150 Å². The molecule has 25 heavy (non-hydrogen) atoms. The lowest BCUT2D eigenvalue weighted by Gasteiger charge is -2.33. The number of likely N-dealkylation sites (N-methyl/N-ethyl adjacent to an activating group) is 1. The molecule has 0 radical (unpaired) electrons. The number of hydrogen-bond acceptors (Lipinski definition) is 3. The first kappa shape index (κ1) is 18.2. The SMILES string of the molecule is CCN(C[C@@H]1CCCO1)C(=O)NC[C@@H]1CCCO[C@H]1c1ccccc1. The number of amides is 2. The molecule has 0 bridgehead atoms. The molecule has 1 N–H and O–H groups in total. The van der Waals surface area contributed by atoms with Gasteiger partial charge in [-0.15, -0.1) is 0 Å². The summed E-state index contributed by atoms with van der Waals surface area (Å²) in [5.74, 6) is 0.321. The number of carbonyl (C=O) groups excluding carboxylic acids is 1. The van der Waals surface area contributed by atoms with Crippen LogP contribution in [-0.4, -0.2) is 49.9 Å². The van der Waals surface area contributed by atoms with Crippen molar-refractivity contribution in [3.63, 3.8) is 0 Å². The molecular weight excluding hydrogens is 316 g/mol. The summed E-state index contributed by atoms with van der Waals surface area (Å²) in [7, 11) is 0. The maximum absolute atomic E-state index is 12.6. The average molecular weight is 346 g/mol. The van der Waals surface area contributed by atoms with Crippen molar-refractivity contribution in [2.75, 3.05) is 32.8 Å². The van der Waals surface area contributed by atoms with E-state index in [1.165, 1.54) is 5.56 Å². The van der Waals surface area contributed by atoms with Crippen molar-refractivity contribution >= 4 is 6.03 Å². The first-order valence-corrected chi connectivity index (χ1v) is 9.59. The van der Waals surface area contributed by atoms with Crippen LogP contribution >= 0.6 is 0 Å². The summed E-state index contributed by atoms with van der Waals surface area (Å²) in [5, 5.41) is 3.13. The van der Waals surface area contributed by atoms with Gasteiger partial charge in [0.1, 0.15) is 0 Å². The first-order valence-electron chi connectivity index (χ1n) is 9.59. The van der Waals surface area contributed by atoms with Gasteiger partial charge >= 0.3 is 6.03 Å². The summed E-state index contributed by atoms with van der Waals surface area (Å²) in [4.78, 5) is 14.4. The number of benzene rings is 1. The lowest BCUT2D eigenvalue weighted by Crippen LogP contribution is -2.46. The van der Waals surface area contributed by atoms with Gasteiger partial charge in [0.2, 0.25) is 0 Å². The first-order chi connectivity index (χ1) is 12.3. The summed E-state index contributed by atoms with van der Waals surface area (Å²) >= 11 is 0. The van der Waals surface area contributed by atoms with Gasteiger partial charge in [-0.25, -0.2) is 4.79 Å². The third-order valence-corrected chi connectivity index (χ3v) is 5.21. The van der Waals surface area contributed by atoms with Crippen molar-refractivity contribution in [3.05, 3.63) is 35.9 Å². The molecule has 0 aromatic heterocycles. The van der Waals surface area contributed by atoms with Crippen molar-refractivity contribution in [3.8, 4) is 0 Å². The molecule has 1 aromatic carbocycles. The zero-order valence-electron chi connectivity index (χ0n) is 15.2. The average Bonchev–Trinajstić information content (AvgIpc) is 3.18. The fourth-order valence-electron chi connectivity index (χ4n) is 3.78. The second-order valence-corrected chi connectivity index (χ2v) is 6.96. The van der Waals surface area contributed by atoms with Crippen LogP contribution in [0.2, 0.25) is 0 Å². The minimum atomic E-state index is 0.00962. The van der Waals surface area contributed by atoms with E-state index >= 15 is 0 Å². The number of urea groups is 1. The molecule has 3 rings (SSSR count). The molecule has 138 valence electrons. The van der Waals surface area contributed by atoms with Crippen LogP contribution < -0.4 is 5.32 Å². The molecule has 2 amide bonds. The minimum absolute atomic E-state index is 0.00962. The van der Waals surface area contributed by atoms with Crippen LogP contribution in [0.1, 0.15) is 44.3 Å². The predicted molar refractivity (Wildman–Crippen MR) is 97.5 cm³/mol. The highest BCUT2D eigenvalue weighted by Crippen LogP contribution is 2.33. The van der Waals surface area contributed by atoms with Crippen LogP contribution in [0, 0.1) is 5.92 Å². The highest BCUT2D eigenvalue weighted by atomic mass is 16.5. The van der Waals surface area contributed by atoms with Crippen molar-refractivity contribution in [1.29, 1.82) is 0 Å². The number of rotatable bonds is 6. The van der Waals surface area contributed by atoms with Crippen molar-refractivity contribution in [1.82, 2.24) is 10.2 Å². The molecule has 0 spiro atoms. The van der Waals surface area contributed by atoms with Crippen molar-refractivity contribution in [2.45, 2.75) is 44.8 Å². The summed E-state index contributed by atoms with van der Waals surface area (Å²) in [5.41, 5.74) is 1.20. The Morgan fingerprint density at radius 3 is 2.64 bits per heavy atom. The Hall–Kier alpha value is -1.59. The quantitative estimate of drug-likeness (QED) is 0.859. The Balaban J connectivity index is 1.53. The molecule has 2 fully saturated rings. The molecule has 2 saturated heterocycles. The predicted octanol–water partition coefficient (Wildman–Crippen LogP) is 3.36. The molecule has 5 nitrogen and oxygen atoms in total. The zero-order valence-corrected chi connectivity index (χ0v) is 15.2. The Morgan fingerprint density at radius 2 is 1.92 bits per heavy atom. The number of hydrogen-bond donors (Lipinski definition) is 1. The molecule has 0 unspecified atom stereocenters. The summed E-state index contributed by atoms with van der Waals surface area (Å²) < 4.78 is 11.7. The molecular formula is C20H30N2O3. The molecule has 0 aliphatic carbocycles. The van der Waals surface area contributed by atoms with Gasteiger partial charge in [-0.3, -0.25) is 0 Å². The van der Waals surface area contributed by atoms with Crippen LogP contribution in [0.15, 0.2) is 30.3 Å². The topological polar surface area (TPSA) is 50.8 Å². The molecule has 3 atom stereocenters. The van der Waals surface area contributed by atoms with Gasteiger partial charge in [-0.1, -0.05) is 30.3 Å². The van der Waals surface area contributed by atoms with Gasteiger partial charge in [0, 0.05) is 38.8 Å². The van der Waals surface area contributed by atoms with Crippen LogP contribution in [0.5, 0.6) is 0 Å². The van der Waals surface area contributed by atoms with Gasteiger partial charge in [0.25, 0.3) is 0 Å². The smallest absolute Gasteiger partial charge is 0.317 e. The van der Waals surface area contributed by atoms with Crippen LogP contribution in [0.25, 0.3) is 0 Å². The summed E-state index contributed by atoms with van der Waals surface area (Å²) in [6.45, 7) is 5.68. The van der Waals surface area contributed by atoms with Crippen LogP contribution in [-0.2, 0) is 9.47 Å². The van der Waals surface area contributed by atoms with Gasteiger partial charge in [0.05, 0.1) is 12.2 Å². The molecule has 2 aliphatic rings. The van der Waals surface area contributed by atoms with Crippen molar-refractivity contribution in [2.24, 2.45) is 5.92 Å². The Bertz CT molecular complexity index is 531. The second-order valence-electron chi connectivity index (χ2n) is 6.96. The van der Waals surface area contributed by atoms with Gasteiger partial charge in [-0.05, 0) is 38.2 Å². The highest BCUT2D eigenvalue weighted by molar-refractivity contribution is 5.74. The maximum atomic E-state index is 12.6. The van der Waals surface area contributed by atoms with Crippen LogP contribution in [0.3, 0.4) is 0 Å². The Morgan fingerprint density at radius 1 is 1.16 bits per heavy atom. The third-order valence-electron chi connectivity index (χ3n) is 5.21. The largest absolute Gasteiger partial charge is 0.376 e. The highest BCUT2D eigenvalue weighted by Gasteiger charge is 2.28. The van der Waals surface area contributed by atoms with Crippen molar-refractivity contribution < 1.29 is 14.3 Å². The van der Waals surface area contributed by atoms with E-state index in [1.807, 2.05) is 30.0 Å². The number of nitrogens with zero attached hydrogens (tertiary/aromatic N) is 1. The van der Waals surface area contributed by atoms with Gasteiger partial charge < -0.3 is 19.7 Å². The van der Waals surface area contributed by atoms with E-state index in [2.05, 4.69) is 17.4 Å². The van der Waals surface area contributed by atoms with E-state index in [-0.39, 0.29) is 18.2 Å². The monoisotopic (exact) mass is 346 g/mol. The van der Waals surface area contributed by atoms with E-state index in [0.717, 1.165) is 38.9 Å². The summed E-state index contributed by atoms with van der Waals surface area (Å²) in [6.07, 6.45) is 4.55. The molecule has 0 saturated carbocycles. The van der Waals surface area contributed by atoms with E-state index in [9.17, 15) is 4.79 Å². The van der Waals surface area contributed by atoms with Crippen LogP contribution in [0.4, 0.5) is 4.79 Å². The number of carbonyl (C=O) groups is 1. The lowest BCUT2D eigenvalue weighted by molar-refractivity contribution is -0.0272. The zero-order chi connectivity index (χ0) is 17.5. The standard InChI is InChI=1S/C20H30N2O3/c1-2-22(15-18-11-7-12-24-18)20(23)21-14-17-10-6-13-25-19(17)16-8-4-3-5-9-16/h3-5,8-9,17-19H,2,6-7,10-15H2,1H3,(H,21,23)/t17-,18-,19-/m0/s1. The molecule has 1 aromatic rings. The van der Waals surface area contributed by atoms with Gasteiger partial charge in [-0.2, -0.15) is 0 Å². The van der Waals surface area contributed by atoms with E-state index in [4.69, 9.17) is 9.47 Å². The fourth-order valence-corrected chi connectivity index (χ4v) is 3.78. The molecule has 5 heteroatoms. The molecule has 2 aliphatic heterocycles. The van der Waals surface area contributed by atoms with Gasteiger partial charge in [0.15, 0.2) is 0 Å². The van der Waals surface area contributed by atoms with E-state index in [0.29, 0.717) is 25.6 Å². The number of nitrogens with one attached hydrogen (secondary N) is 1. The third kappa shape index (κ3) is 4.95. The van der Waals surface area contributed by atoms with E-state index < -0.39 is 0 Å². The number of ether oxygens (including phenoxy) is 2. The fraction of sp³-hybridized carbons (Fsp3) is 0.650. The summed E-state index contributed by atoms with van der Waals surface area (Å²) in [6, 6.07) is 10.3. The van der Waals surface area contributed by atoms with E-state index in [1.54, 1.807) is 0 Å². The second kappa shape index (κ2) is 9.20.